The first-order chi connectivity index (χ1) is 11.8. The number of benzene rings is 2. The van der Waals surface area contributed by atoms with Crippen molar-refractivity contribution in [2.24, 2.45) is 0 Å². The van der Waals surface area contributed by atoms with Gasteiger partial charge in [-0.1, -0.05) is 35.9 Å². The molecule has 0 aromatic heterocycles. The molecule has 0 saturated carbocycles. The van der Waals surface area contributed by atoms with Crippen molar-refractivity contribution in [3.05, 3.63) is 59.1 Å². The molecule has 1 amide bonds. The quantitative estimate of drug-likeness (QED) is 0.821. The zero-order valence-electron chi connectivity index (χ0n) is 14.0. The van der Waals surface area contributed by atoms with Crippen molar-refractivity contribution in [2.45, 2.75) is 19.4 Å². The van der Waals surface area contributed by atoms with Crippen LogP contribution in [0.5, 0.6) is 0 Å². The first kappa shape index (κ1) is 17.8. The van der Waals surface area contributed by atoms with E-state index in [1.165, 1.54) is 0 Å². The predicted molar refractivity (Wildman–Crippen MR) is 101 cm³/mol. The topological polar surface area (TPSA) is 57.7 Å². The smallest absolute Gasteiger partial charge is 0.250 e. The van der Waals surface area contributed by atoms with E-state index >= 15 is 0 Å². The highest BCUT2D eigenvalue weighted by Gasteiger charge is 2.34. The van der Waals surface area contributed by atoms with Crippen LogP contribution in [0, 0.1) is 0 Å². The lowest BCUT2D eigenvalue weighted by atomic mass is 10.2. The zero-order chi connectivity index (χ0) is 18.2. The van der Waals surface area contributed by atoms with Gasteiger partial charge in [-0.3, -0.25) is 9.10 Å². The van der Waals surface area contributed by atoms with Crippen molar-refractivity contribution in [3.8, 4) is 0 Å². The van der Waals surface area contributed by atoms with E-state index in [9.17, 15) is 13.2 Å². The first-order valence-corrected chi connectivity index (χ1v) is 10.2. The van der Waals surface area contributed by atoms with Gasteiger partial charge >= 0.3 is 0 Å². The lowest BCUT2D eigenvalue weighted by Crippen LogP contribution is -2.49. The predicted octanol–water partition coefficient (Wildman–Crippen LogP) is 3.08. The van der Waals surface area contributed by atoms with Crippen LogP contribution in [0.1, 0.15) is 12.5 Å². The molecular formula is C18H19ClN2O3S. The van der Waals surface area contributed by atoms with Crippen LogP contribution in [0.2, 0.25) is 5.02 Å². The number of para-hydroxylation sites is 1. The van der Waals surface area contributed by atoms with Crippen LogP contribution in [0.4, 0.5) is 11.4 Å². The Morgan fingerprint density at radius 1 is 1.20 bits per heavy atom. The third-order valence-corrected chi connectivity index (χ3v) is 5.76. The van der Waals surface area contributed by atoms with Crippen LogP contribution in [0.25, 0.3) is 0 Å². The Morgan fingerprint density at radius 2 is 1.92 bits per heavy atom. The second kappa shape index (κ2) is 6.69. The van der Waals surface area contributed by atoms with Crippen LogP contribution in [0.3, 0.4) is 0 Å². The Kier molecular flexibility index (Phi) is 4.75. The zero-order valence-corrected chi connectivity index (χ0v) is 15.6. The lowest BCUT2D eigenvalue weighted by Gasteiger charge is -2.31. The fourth-order valence-corrected chi connectivity index (χ4v) is 4.55. The van der Waals surface area contributed by atoms with E-state index in [1.807, 2.05) is 24.3 Å². The summed E-state index contributed by atoms with van der Waals surface area (Å²) in [5, 5.41) is 0.414. The van der Waals surface area contributed by atoms with E-state index in [-0.39, 0.29) is 5.91 Å². The standard InChI is InChI=1S/C18H19ClN2O3S/c1-13(18(22)20-11-10-14-6-3-4-9-17(14)20)21(25(2,23)24)16-8-5-7-15(19)12-16/h3-9,12-13H,10-11H2,1-2H3. The molecule has 1 aliphatic heterocycles. The van der Waals surface area contributed by atoms with Gasteiger partial charge in [-0.25, -0.2) is 8.42 Å². The molecule has 7 heteroatoms. The summed E-state index contributed by atoms with van der Waals surface area (Å²) in [7, 11) is -3.66. The van der Waals surface area contributed by atoms with Gasteiger partial charge in [0.1, 0.15) is 6.04 Å². The average Bonchev–Trinajstić information content (AvgIpc) is 2.97. The van der Waals surface area contributed by atoms with Crippen molar-refractivity contribution in [2.75, 3.05) is 22.0 Å². The monoisotopic (exact) mass is 378 g/mol. The molecule has 0 spiro atoms. The second-order valence-electron chi connectivity index (χ2n) is 6.08. The van der Waals surface area contributed by atoms with E-state index in [2.05, 4.69) is 0 Å². The van der Waals surface area contributed by atoms with Crippen molar-refractivity contribution in [3.63, 3.8) is 0 Å². The number of carbonyl (C=O) groups excluding carboxylic acids is 1. The summed E-state index contributed by atoms with van der Waals surface area (Å²) in [6.45, 7) is 2.15. The average molecular weight is 379 g/mol. The maximum Gasteiger partial charge on any atom is 0.250 e. The van der Waals surface area contributed by atoms with Crippen LogP contribution in [-0.2, 0) is 21.2 Å². The molecule has 5 nitrogen and oxygen atoms in total. The highest BCUT2D eigenvalue weighted by Crippen LogP contribution is 2.30. The van der Waals surface area contributed by atoms with Crippen molar-refractivity contribution in [1.29, 1.82) is 0 Å². The van der Waals surface area contributed by atoms with Crippen molar-refractivity contribution >= 4 is 38.9 Å². The molecule has 1 unspecified atom stereocenters. The number of halogens is 1. The number of rotatable bonds is 4. The van der Waals surface area contributed by atoms with Gasteiger partial charge in [0.05, 0.1) is 11.9 Å². The third-order valence-electron chi connectivity index (χ3n) is 4.28. The van der Waals surface area contributed by atoms with Gasteiger partial charge < -0.3 is 4.90 Å². The highest BCUT2D eigenvalue weighted by atomic mass is 35.5. The minimum atomic E-state index is -3.66. The number of sulfonamides is 1. The van der Waals surface area contributed by atoms with Gasteiger partial charge in [0.15, 0.2) is 0 Å². The maximum atomic E-state index is 13.0. The molecule has 132 valence electrons. The van der Waals surface area contributed by atoms with Gasteiger partial charge in [-0.15, -0.1) is 0 Å². The Hall–Kier alpha value is -2.05. The summed E-state index contributed by atoms with van der Waals surface area (Å²) in [4.78, 5) is 14.7. The number of amides is 1. The molecule has 0 N–H and O–H groups in total. The molecule has 0 radical (unpaired) electrons. The normalized spacial score (nSPS) is 14.9. The largest absolute Gasteiger partial charge is 0.310 e. The van der Waals surface area contributed by atoms with Crippen molar-refractivity contribution < 1.29 is 13.2 Å². The summed E-state index contributed by atoms with van der Waals surface area (Å²) < 4.78 is 25.9. The molecule has 25 heavy (non-hydrogen) atoms. The van der Waals surface area contributed by atoms with Crippen molar-refractivity contribution in [1.82, 2.24) is 0 Å². The van der Waals surface area contributed by atoms with E-state index < -0.39 is 16.1 Å². The molecule has 2 aromatic rings. The second-order valence-corrected chi connectivity index (χ2v) is 8.38. The molecule has 1 heterocycles. The number of hydrogen-bond acceptors (Lipinski definition) is 3. The maximum absolute atomic E-state index is 13.0. The minimum absolute atomic E-state index is 0.254. The summed E-state index contributed by atoms with van der Waals surface area (Å²) in [6.07, 6.45) is 1.86. The highest BCUT2D eigenvalue weighted by molar-refractivity contribution is 7.92. The van der Waals surface area contributed by atoms with E-state index in [1.54, 1.807) is 36.1 Å². The Morgan fingerprint density at radius 3 is 2.60 bits per heavy atom. The first-order valence-electron chi connectivity index (χ1n) is 7.93. The molecule has 3 rings (SSSR count). The third kappa shape index (κ3) is 3.50. The van der Waals surface area contributed by atoms with Crippen LogP contribution >= 0.6 is 11.6 Å². The molecule has 0 fully saturated rings. The summed E-state index contributed by atoms with van der Waals surface area (Å²) >= 11 is 6.00. The minimum Gasteiger partial charge on any atom is -0.310 e. The van der Waals surface area contributed by atoms with Gasteiger partial charge in [0.2, 0.25) is 10.0 Å². The lowest BCUT2D eigenvalue weighted by molar-refractivity contribution is -0.119. The molecule has 0 saturated heterocycles. The Bertz CT molecular complexity index is 914. The summed E-state index contributed by atoms with van der Waals surface area (Å²) in [5.41, 5.74) is 2.32. The summed E-state index contributed by atoms with van der Waals surface area (Å²) in [5.74, 6) is -0.254. The number of nitrogens with zero attached hydrogens (tertiary/aromatic N) is 2. The molecule has 1 atom stereocenters. The fraction of sp³-hybridized carbons (Fsp3) is 0.278. The molecular weight excluding hydrogens is 360 g/mol. The number of fused-ring (bicyclic) bond motifs is 1. The van der Waals surface area contributed by atoms with Gasteiger partial charge in [-0.05, 0) is 43.2 Å². The molecule has 1 aliphatic rings. The number of carbonyl (C=O) groups is 1. The van der Waals surface area contributed by atoms with E-state index in [4.69, 9.17) is 11.6 Å². The van der Waals surface area contributed by atoms with Crippen LogP contribution in [0.15, 0.2) is 48.5 Å². The van der Waals surface area contributed by atoms with Gasteiger partial charge in [0, 0.05) is 17.3 Å². The fourth-order valence-electron chi connectivity index (χ4n) is 3.21. The van der Waals surface area contributed by atoms with Gasteiger partial charge in [0.25, 0.3) is 5.91 Å². The number of anilines is 2. The molecule has 2 aromatic carbocycles. The summed E-state index contributed by atoms with van der Waals surface area (Å²) in [6, 6.07) is 13.3. The van der Waals surface area contributed by atoms with Gasteiger partial charge in [-0.2, -0.15) is 0 Å². The Balaban J connectivity index is 1.96. The van der Waals surface area contributed by atoms with E-state index in [0.29, 0.717) is 17.3 Å². The molecule has 0 aliphatic carbocycles. The van der Waals surface area contributed by atoms with Crippen LogP contribution in [-0.4, -0.2) is 33.2 Å². The Labute approximate surface area is 152 Å². The van der Waals surface area contributed by atoms with E-state index in [0.717, 1.165) is 28.2 Å². The SMILES string of the molecule is CC(C(=O)N1CCc2ccccc21)N(c1cccc(Cl)c1)S(C)(=O)=O. The number of hydrogen-bond donors (Lipinski definition) is 0. The van der Waals surface area contributed by atoms with Crippen LogP contribution < -0.4 is 9.21 Å². The molecule has 0 bridgehead atoms.